The lowest BCUT2D eigenvalue weighted by Crippen LogP contribution is -2.25. The predicted molar refractivity (Wildman–Crippen MR) is 302 cm³/mol. The van der Waals surface area contributed by atoms with Gasteiger partial charge in [-0.05, 0) is 110 Å². The third-order valence-corrected chi connectivity index (χ3v) is 18.6. The average molecular weight is 1110 g/mol. The highest BCUT2D eigenvalue weighted by Crippen LogP contribution is 2.39. The van der Waals surface area contributed by atoms with Crippen molar-refractivity contribution in [1.29, 1.82) is 0 Å². The fraction of sp³-hybridized carbons (Fsp3) is 0.536. The second kappa shape index (κ2) is 24.2. The first-order valence-electron chi connectivity index (χ1n) is 26.7. The molecule has 18 nitrogen and oxygen atoms in total. The monoisotopic (exact) mass is 1110 g/mol. The third-order valence-electron chi connectivity index (χ3n) is 15.1. The quantitative estimate of drug-likeness (QED) is 0.0401. The van der Waals surface area contributed by atoms with Crippen LogP contribution in [-0.4, -0.2) is 119 Å². The zero-order chi connectivity index (χ0) is 55.3. The van der Waals surface area contributed by atoms with Crippen LogP contribution in [0.15, 0.2) is 83.0 Å². The lowest BCUT2D eigenvalue weighted by Gasteiger charge is -2.30. The lowest BCUT2D eigenvalue weighted by atomic mass is 9.76. The summed E-state index contributed by atoms with van der Waals surface area (Å²) >= 11 is 1.76. The van der Waals surface area contributed by atoms with Crippen LogP contribution in [0.4, 0.5) is 11.5 Å². The predicted octanol–water partition coefficient (Wildman–Crippen LogP) is 9.62. The van der Waals surface area contributed by atoms with E-state index in [1.165, 1.54) is 16.7 Å². The molecule has 2 aliphatic heterocycles. The van der Waals surface area contributed by atoms with Crippen molar-refractivity contribution in [3.63, 3.8) is 0 Å². The normalized spacial score (nSPS) is 19.4. The maximum Gasteiger partial charge on any atom is 0.356 e. The van der Waals surface area contributed by atoms with Crippen LogP contribution in [0.3, 0.4) is 0 Å². The Labute approximate surface area is 458 Å². The van der Waals surface area contributed by atoms with Crippen LogP contribution < -0.4 is 11.1 Å². The topological polar surface area (TPSA) is 236 Å². The Morgan fingerprint density at radius 2 is 1.56 bits per heavy atom. The Hall–Kier alpha value is -5.58. The van der Waals surface area contributed by atoms with Crippen molar-refractivity contribution in [3.8, 4) is 0 Å². The number of aromatic carboxylic acids is 1. The molecule has 21 heteroatoms. The van der Waals surface area contributed by atoms with E-state index < -0.39 is 23.9 Å². The molecule has 2 saturated heterocycles. The zero-order valence-electron chi connectivity index (χ0n) is 46.2. The Bertz CT molecular complexity index is 3110. The summed E-state index contributed by atoms with van der Waals surface area (Å²) in [5.74, 6) is -0.212. The minimum Gasteiger partial charge on any atom is -0.476 e. The van der Waals surface area contributed by atoms with Crippen molar-refractivity contribution in [1.82, 2.24) is 39.5 Å². The van der Waals surface area contributed by atoms with Crippen molar-refractivity contribution in [3.05, 3.63) is 118 Å². The smallest absolute Gasteiger partial charge is 0.356 e. The molecule has 0 radical (unpaired) electrons. The number of carbonyl (C=O) groups excluding carboxylic acids is 1. The van der Waals surface area contributed by atoms with Gasteiger partial charge in [-0.25, -0.2) is 17.9 Å². The summed E-state index contributed by atoms with van der Waals surface area (Å²) in [5, 5.41) is 33.0. The molecule has 10 rings (SSSR count). The van der Waals surface area contributed by atoms with E-state index in [9.17, 15) is 23.1 Å². The summed E-state index contributed by atoms with van der Waals surface area (Å²) in [6.07, 6.45) is 16.0. The number of nitrogens with two attached hydrogens (primary N) is 1. The van der Waals surface area contributed by atoms with E-state index in [0.717, 1.165) is 105 Å². The van der Waals surface area contributed by atoms with Crippen LogP contribution in [0.5, 0.6) is 0 Å². The number of anilines is 2. The number of hydrogen-bond donors (Lipinski definition) is 4. The zero-order valence-corrected chi connectivity index (χ0v) is 48.8. The largest absolute Gasteiger partial charge is 0.476 e. The number of aromatic nitrogens is 8. The summed E-state index contributed by atoms with van der Waals surface area (Å²) in [6, 6.07) is 18.5. The Morgan fingerprint density at radius 3 is 2.17 bits per heavy atom. The van der Waals surface area contributed by atoms with Gasteiger partial charge in [0.25, 0.3) is 5.91 Å². The molecule has 2 aliphatic carbocycles. The number of amides is 1. The second-order valence-corrected chi connectivity index (χ2v) is 32.3. The molecule has 0 bridgehead atoms. The summed E-state index contributed by atoms with van der Waals surface area (Å²) in [5.41, 5.74) is 13.6. The van der Waals surface area contributed by atoms with E-state index in [1.807, 2.05) is 23.1 Å². The van der Waals surface area contributed by atoms with Gasteiger partial charge in [-0.3, -0.25) is 19.3 Å². The maximum atomic E-state index is 13.0. The van der Waals surface area contributed by atoms with Gasteiger partial charge in [0.2, 0.25) is 0 Å². The fourth-order valence-electron chi connectivity index (χ4n) is 10.7. The van der Waals surface area contributed by atoms with Crippen LogP contribution in [0.2, 0.25) is 25.7 Å². The molecule has 77 heavy (non-hydrogen) atoms. The van der Waals surface area contributed by atoms with Crippen molar-refractivity contribution in [2.45, 2.75) is 133 Å². The van der Waals surface area contributed by atoms with Gasteiger partial charge in [-0.1, -0.05) is 71.6 Å². The first kappa shape index (κ1) is 57.6. The lowest BCUT2D eigenvalue weighted by molar-refractivity contribution is 0.0667. The molecule has 1 amide bonds. The molecule has 0 spiro atoms. The number of benzene rings is 2. The molecular formula is C56H78N10O8S2Si. The number of thioether (sulfide) groups is 1. The highest BCUT2D eigenvalue weighted by atomic mass is 32.2. The van der Waals surface area contributed by atoms with E-state index in [2.05, 4.69) is 109 Å². The Morgan fingerprint density at radius 1 is 0.909 bits per heavy atom. The SMILES string of the molecule is CC1(C)CCc2c(C(=O)Nc3ccn(C(c4cccc(S(C)(=O)=O)c4)C4CCOC4)n3)n[nH]c2C1.CC1(C)CCc2c(C(=O)O)nn(COCC[Si](C)(C)C)c2C1.CSc1cccc(C(C2CCOC2)n2cc(N)cn2)c1. The second-order valence-electron chi connectivity index (χ2n) is 23.8. The molecule has 4 atom stereocenters. The van der Waals surface area contributed by atoms with Crippen LogP contribution >= 0.6 is 11.8 Å². The molecule has 416 valence electrons. The highest BCUT2D eigenvalue weighted by Gasteiger charge is 2.35. The molecule has 0 saturated carbocycles. The first-order chi connectivity index (χ1) is 36.5. The number of H-pyrrole nitrogens is 1. The standard InChI is InChI=1S/C25H31N5O4S.C16H28N2O3Si.C15H19N3OS/c1-25(2)10-7-19-20(14-25)27-28-22(19)24(31)26-21-8-11-30(29-21)23(17-9-12-34-15-17)16-5-4-6-18(13-16)35(3,32)33;1-16(2)7-6-12-13(10-16)18(17-14(12)15(19)20)11-21-8-9-22(3,4)5;1-20-14-4-2-3-11(7-14)15(12-5-6-19-10-12)18-9-13(16)8-17-18/h4-6,8,11,13,17,23H,7,9-10,12,14-15H2,1-3H3,(H,27,28)(H,26,29,31);6-11H2,1-5H3,(H,19,20);2-4,7-9,12,15H,5-6,10,16H2,1H3. The van der Waals surface area contributed by atoms with Gasteiger partial charge in [-0.2, -0.15) is 20.4 Å². The number of nitrogens with zero attached hydrogens (tertiary/aromatic N) is 7. The van der Waals surface area contributed by atoms with Gasteiger partial charge in [0.1, 0.15) is 6.73 Å². The third kappa shape index (κ3) is 14.8. The Kier molecular flexibility index (Phi) is 18.1. The van der Waals surface area contributed by atoms with Gasteiger partial charge in [0, 0.05) is 91.9 Å². The van der Waals surface area contributed by atoms with E-state index in [0.29, 0.717) is 43.1 Å². The molecule has 4 aromatic heterocycles. The number of sulfone groups is 1. The van der Waals surface area contributed by atoms with E-state index in [1.54, 1.807) is 51.6 Å². The first-order valence-corrected chi connectivity index (χ1v) is 33.5. The van der Waals surface area contributed by atoms with Crippen LogP contribution in [-0.2, 0) is 56.5 Å². The van der Waals surface area contributed by atoms with Crippen molar-refractivity contribution >= 4 is 53.1 Å². The van der Waals surface area contributed by atoms with Gasteiger partial charge >= 0.3 is 5.97 Å². The van der Waals surface area contributed by atoms with Gasteiger partial charge in [0.15, 0.2) is 27.0 Å². The number of nitrogens with one attached hydrogen (secondary N) is 2. The van der Waals surface area contributed by atoms with Crippen molar-refractivity contribution < 1.29 is 37.3 Å². The number of ether oxygens (including phenoxy) is 3. The maximum absolute atomic E-state index is 13.0. The fourth-order valence-corrected chi connectivity index (χ4v) is 12.6. The van der Waals surface area contributed by atoms with Crippen LogP contribution in [0.1, 0.15) is 120 Å². The van der Waals surface area contributed by atoms with Crippen molar-refractivity contribution in [2.75, 3.05) is 56.6 Å². The molecule has 6 aromatic rings. The molecular weight excluding hydrogens is 1030 g/mol. The molecule has 2 aromatic carbocycles. The van der Waals surface area contributed by atoms with Gasteiger partial charge in [-0.15, -0.1) is 11.8 Å². The number of fused-ring (bicyclic) bond motifs is 2. The van der Waals surface area contributed by atoms with E-state index >= 15 is 0 Å². The summed E-state index contributed by atoms with van der Waals surface area (Å²) in [7, 11) is -4.45. The average Bonchev–Trinajstić information content (AvgIpc) is 4.27. The molecule has 2 fully saturated rings. The minimum atomic E-state index is -3.34. The minimum absolute atomic E-state index is 0.134. The summed E-state index contributed by atoms with van der Waals surface area (Å²) in [4.78, 5) is 26.0. The van der Waals surface area contributed by atoms with Crippen molar-refractivity contribution in [2.24, 2.45) is 22.7 Å². The number of rotatable bonds is 16. The molecule has 4 aliphatic rings. The van der Waals surface area contributed by atoms with Crippen LogP contribution in [0.25, 0.3) is 0 Å². The summed E-state index contributed by atoms with van der Waals surface area (Å²) < 4.78 is 46.8. The number of nitrogen functional groups attached to an aromatic ring is 1. The summed E-state index contributed by atoms with van der Waals surface area (Å²) in [6.45, 7) is 19.7. The van der Waals surface area contributed by atoms with Gasteiger partial charge < -0.3 is 30.4 Å². The molecule has 6 heterocycles. The number of carbonyl (C=O) groups is 2. The van der Waals surface area contributed by atoms with Crippen LogP contribution in [0, 0.1) is 22.7 Å². The molecule has 4 unspecified atom stereocenters. The highest BCUT2D eigenvalue weighted by molar-refractivity contribution is 7.98. The van der Waals surface area contributed by atoms with E-state index in [4.69, 9.17) is 19.9 Å². The number of carboxylic acids is 1. The van der Waals surface area contributed by atoms with E-state index in [-0.39, 0.29) is 45.3 Å². The molecule has 5 N–H and O–H groups in total. The number of carboxylic acid groups (broad SMARTS) is 1. The number of aromatic amines is 1. The van der Waals surface area contributed by atoms with Gasteiger partial charge in [0.05, 0.1) is 42.1 Å². The number of hydrogen-bond acceptors (Lipinski definition) is 13. The Balaban J connectivity index is 0.000000162.